The Bertz CT molecular complexity index is 918. The zero-order valence-electron chi connectivity index (χ0n) is 20.0. The monoisotopic (exact) mass is 511 g/mol. The van der Waals surface area contributed by atoms with Gasteiger partial charge in [-0.1, -0.05) is 18.2 Å². The molecule has 0 radical (unpaired) electrons. The van der Waals surface area contributed by atoms with Gasteiger partial charge in [-0.2, -0.15) is 0 Å². The molecule has 13 nitrogen and oxygen atoms in total. The summed E-state index contributed by atoms with van der Waals surface area (Å²) in [6.45, 7) is 6.30. The topological polar surface area (TPSA) is 165 Å². The van der Waals surface area contributed by atoms with E-state index >= 15 is 0 Å². The zero-order chi connectivity index (χ0) is 26.7. The van der Waals surface area contributed by atoms with Crippen molar-refractivity contribution in [1.82, 2.24) is 0 Å². The van der Waals surface area contributed by atoms with Crippen LogP contribution in [0.2, 0.25) is 0 Å². The van der Waals surface area contributed by atoms with Crippen molar-refractivity contribution in [3.05, 3.63) is 42.5 Å². The fraction of sp³-hybridized carbons (Fsp3) is 0.478. The maximum Gasteiger partial charge on any atom is 0.414 e. The Kier molecular flexibility index (Phi) is 11.3. The Hall–Kier alpha value is -3.52. The van der Waals surface area contributed by atoms with E-state index in [0.29, 0.717) is 11.3 Å². The first-order valence-electron chi connectivity index (χ1n) is 10.8. The molecule has 2 N–H and O–H groups in total. The highest BCUT2D eigenvalue weighted by Crippen LogP contribution is 2.30. The number of carbonyl (C=O) groups excluding carboxylic acids is 4. The molecule has 2 rings (SSSR count). The number of hydrogen-bond acceptors (Lipinski definition) is 12. The van der Waals surface area contributed by atoms with Crippen LogP contribution in [0.3, 0.4) is 0 Å². The molecular formula is C23H29NO12. The van der Waals surface area contributed by atoms with E-state index in [1.807, 2.05) is 0 Å². The highest BCUT2D eigenvalue weighted by Gasteiger charge is 2.53. The van der Waals surface area contributed by atoms with Gasteiger partial charge in [0.25, 0.3) is 0 Å². The largest absolute Gasteiger partial charge is 0.456 e. The molecule has 13 heteroatoms. The minimum Gasteiger partial charge on any atom is -0.456 e. The van der Waals surface area contributed by atoms with Gasteiger partial charge in [-0.15, -0.1) is 6.58 Å². The van der Waals surface area contributed by atoms with Crippen LogP contribution in [-0.2, 0) is 54.4 Å². The second-order valence-electron chi connectivity index (χ2n) is 7.51. The number of hydrogen-bond donors (Lipinski definition) is 2. The van der Waals surface area contributed by atoms with Crippen LogP contribution in [0.4, 0.5) is 10.5 Å². The van der Waals surface area contributed by atoms with Crippen LogP contribution >= 0.6 is 0 Å². The quantitative estimate of drug-likeness (QED) is 0.110. The molecule has 1 aromatic carbocycles. The summed E-state index contributed by atoms with van der Waals surface area (Å²) in [7, 11) is 0. The number of esters is 3. The molecule has 1 aliphatic heterocycles. The van der Waals surface area contributed by atoms with Crippen LogP contribution in [0.25, 0.3) is 0 Å². The molecule has 0 spiro atoms. The number of ether oxygens (including phenoxy) is 5. The summed E-state index contributed by atoms with van der Waals surface area (Å²) in [6.07, 6.45) is -6.57. The van der Waals surface area contributed by atoms with Gasteiger partial charge in [-0.25, -0.2) is 14.6 Å². The maximum atomic E-state index is 12.6. The van der Waals surface area contributed by atoms with Crippen molar-refractivity contribution < 1.29 is 57.7 Å². The molecule has 1 fully saturated rings. The minimum absolute atomic E-state index is 0.0335. The van der Waals surface area contributed by atoms with Crippen LogP contribution in [-0.4, -0.2) is 73.0 Å². The second kappa shape index (κ2) is 14.1. The van der Waals surface area contributed by atoms with Crippen molar-refractivity contribution in [2.45, 2.75) is 58.1 Å². The summed E-state index contributed by atoms with van der Waals surface area (Å²) in [6, 6.07) is 6.24. The second-order valence-corrected chi connectivity index (χ2v) is 7.51. The van der Waals surface area contributed by atoms with Gasteiger partial charge in [0, 0.05) is 26.5 Å². The first kappa shape index (κ1) is 28.7. The van der Waals surface area contributed by atoms with E-state index in [4.69, 9.17) is 38.6 Å². The number of aliphatic hydroxyl groups excluding tert-OH is 1. The van der Waals surface area contributed by atoms with E-state index in [1.54, 1.807) is 12.1 Å². The number of carbonyl (C=O) groups is 4. The maximum absolute atomic E-state index is 12.6. The summed E-state index contributed by atoms with van der Waals surface area (Å²) in [4.78, 5) is 58.0. The van der Waals surface area contributed by atoms with Gasteiger partial charge in [0.05, 0.1) is 6.61 Å². The first-order valence-corrected chi connectivity index (χ1v) is 10.8. The first-order chi connectivity index (χ1) is 17.1. The zero-order valence-corrected chi connectivity index (χ0v) is 20.0. The Morgan fingerprint density at radius 1 is 0.917 bits per heavy atom. The lowest BCUT2D eigenvalue weighted by Gasteiger charge is -2.43. The fourth-order valence-corrected chi connectivity index (χ4v) is 3.24. The molecule has 36 heavy (non-hydrogen) atoms. The number of nitrogens with one attached hydrogen (secondary N) is 1. The summed E-state index contributed by atoms with van der Waals surface area (Å²) in [5, 5.41) is 11.6. The molecule has 198 valence electrons. The molecule has 1 amide bonds. The van der Waals surface area contributed by atoms with Crippen molar-refractivity contribution in [2.75, 3.05) is 18.5 Å². The minimum atomic E-state index is -1.60. The lowest BCUT2D eigenvalue weighted by Crippen LogP contribution is -2.63. The molecule has 0 bridgehead atoms. The summed E-state index contributed by atoms with van der Waals surface area (Å²) < 4.78 is 27.0. The highest BCUT2D eigenvalue weighted by molar-refractivity contribution is 5.84. The lowest BCUT2D eigenvalue weighted by molar-refractivity contribution is -0.340. The van der Waals surface area contributed by atoms with E-state index in [1.165, 1.54) is 18.2 Å². The normalized spacial score (nSPS) is 23.2. The van der Waals surface area contributed by atoms with E-state index in [2.05, 4.69) is 11.9 Å². The Labute approximate surface area is 207 Å². The Morgan fingerprint density at radius 3 is 2.06 bits per heavy atom. The molecule has 0 saturated carbocycles. The molecular weight excluding hydrogens is 482 g/mol. The van der Waals surface area contributed by atoms with E-state index in [0.717, 1.165) is 20.8 Å². The van der Waals surface area contributed by atoms with Crippen LogP contribution < -0.4 is 5.32 Å². The molecule has 1 aliphatic rings. The van der Waals surface area contributed by atoms with Gasteiger partial charge in [0.15, 0.2) is 12.2 Å². The number of anilines is 1. The van der Waals surface area contributed by atoms with Gasteiger partial charge in [-0.3, -0.25) is 19.7 Å². The summed E-state index contributed by atoms with van der Waals surface area (Å²) in [5.41, 5.74) is 0.964. The van der Waals surface area contributed by atoms with Crippen LogP contribution in [0.5, 0.6) is 0 Å². The van der Waals surface area contributed by atoms with E-state index < -0.39 is 54.7 Å². The third kappa shape index (κ3) is 8.92. The van der Waals surface area contributed by atoms with Gasteiger partial charge in [0.2, 0.25) is 12.4 Å². The predicted molar refractivity (Wildman–Crippen MR) is 120 cm³/mol. The molecule has 1 heterocycles. The Balaban J connectivity index is 2.30. The van der Waals surface area contributed by atoms with Gasteiger partial charge in [0.1, 0.15) is 19.3 Å². The average molecular weight is 511 g/mol. The third-order valence-corrected chi connectivity index (χ3v) is 4.60. The molecule has 0 aromatic heterocycles. The summed E-state index contributed by atoms with van der Waals surface area (Å²) >= 11 is 0. The van der Waals surface area contributed by atoms with Gasteiger partial charge < -0.3 is 28.8 Å². The van der Waals surface area contributed by atoms with Crippen molar-refractivity contribution in [3.8, 4) is 0 Å². The van der Waals surface area contributed by atoms with Gasteiger partial charge in [-0.05, 0) is 17.7 Å². The predicted octanol–water partition coefficient (Wildman–Crippen LogP) is 1.38. The molecule has 1 saturated heterocycles. The van der Waals surface area contributed by atoms with Crippen LogP contribution in [0.1, 0.15) is 26.3 Å². The number of aliphatic hydroxyl groups is 1. The molecule has 5 unspecified atom stereocenters. The van der Waals surface area contributed by atoms with Crippen molar-refractivity contribution in [2.24, 2.45) is 0 Å². The Morgan fingerprint density at radius 2 is 1.50 bits per heavy atom. The number of rotatable bonds is 11. The van der Waals surface area contributed by atoms with Crippen molar-refractivity contribution >= 4 is 29.7 Å². The van der Waals surface area contributed by atoms with E-state index in [9.17, 15) is 19.2 Å². The van der Waals surface area contributed by atoms with Crippen molar-refractivity contribution in [1.29, 1.82) is 0 Å². The van der Waals surface area contributed by atoms with Crippen LogP contribution in [0, 0.1) is 0 Å². The van der Waals surface area contributed by atoms with E-state index in [-0.39, 0.29) is 19.8 Å². The number of benzene rings is 1. The molecule has 5 atom stereocenters. The average Bonchev–Trinajstić information content (AvgIpc) is 2.80. The summed E-state index contributed by atoms with van der Waals surface area (Å²) in [5.74, 6) is -2.34. The fourth-order valence-electron chi connectivity index (χ4n) is 3.24. The lowest BCUT2D eigenvalue weighted by atomic mass is 9.98. The standard InChI is InChI=1S/C23H29NO12/c1-5-10-30-31-12-18-19(32-13(2)26)20(33-14(3)27)21(34-15(4)28)22(35-18)36-23(29)24-17-8-6-16(11-25)7-9-17/h5-9,18-22,25H,1,10-12H2,2-4H3,(H,24,29). The third-order valence-electron chi connectivity index (χ3n) is 4.60. The SMILES string of the molecule is C=CCOOCC1OC(OC(=O)Nc2ccc(CO)cc2)C(OC(C)=O)C(OC(C)=O)C1OC(C)=O. The van der Waals surface area contributed by atoms with Gasteiger partial charge >= 0.3 is 24.0 Å². The molecule has 0 aliphatic carbocycles. The smallest absolute Gasteiger partial charge is 0.414 e. The van der Waals surface area contributed by atoms with Crippen molar-refractivity contribution in [3.63, 3.8) is 0 Å². The molecule has 1 aromatic rings. The highest BCUT2D eigenvalue weighted by atomic mass is 17.2. The number of amides is 1. The van der Waals surface area contributed by atoms with Crippen LogP contribution in [0.15, 0.2) is 36.9 Å².